The number of benzene rings is 1. The summed E-state index contributed by atoms with van der Waals surface area (Å²) in [6.07, 6.45) is 1.64. The number of H-pyrrole nitrogens is 1. The fraction of sp³-hybridized carbons (Fsp3) is 0.294. The Kier molecular flexibility index (Phi) is 3.27. The monoisotopic (exact) mass is 294 g/mol. The van der Waals surface area contributed by atoms with Crippen molar-refractivity contribution in [2.75, 3.05) is 31.2 Å². The number of aromatic nitrogens is 3. The van der Waals surface area contributed by atoms with Crippen LogP contribution in [0.15, 0.2) is 36.7 Å². The molecule has 1 fully saturated rings. The number of morpholine rings is 1. The van der Waals surface area contributed by atoms with Crippen LogP contribution in [-0.4, -0.2) is 41.3 Å². The quantitative estimate of drug-likeness (QED) is 0.789. The van der Waals surface area contributed by atoms with E-state index >= 15 is 0 Å². The van der Waals surface area contributed by atoms with E-state index in [4.69, 9.17) is 4.74 Å². The van der Waals surface area contributed by atoms with Crippen molar-refractivity contribution in [2.45, 2.75) is 6.92 Å². The highest BCUT2D eigenvalue weighted by atomic mass is 16.5. The molecule has 1 aliphatic rings. The van der Waals surface area contributed by atoms with E-state index in [1.165, 1.54) is 11.1 Å². The van der Waals surface area contributed by atoms with Crippen molar-refractivity contribution < 1.29 is 4.74 Å². The molecule has 5 nitrogen and oxygen atoms in total. The molecule has 3 heterocycles. The first kappa shape index (κ1) is 13.3. The number of aromatic amines is 1. The molecule has 1 aromatic carbocycles. The number of hydrogen-bond donors (Lipinski definition) is 1. The minimum Gasteiger partial charge on any atom is -0.378 e. The third-order valence-electron chi connectivity index (χ3n) is 4.13. The molecule has 2 aromatic heterocycles. The van der Waals surface area contributed by atoms with Crippen molar-refractivity contribution in [2.24, 2.45) is 0 Å². The molecule has 0 radical (unpaired) electrons. The van der Waals surface area contributed by atoms with Gasteiger partial charge in [0.05, 0.1) is 18.6 Å². The van der Waals surface area contributed by atoms with Gasteiger partial charge in [-0.15, -0.1) is 0 Å². The average Bonchev–Trinajstić information content (AvgIpc) is 2.92. The molecule has 0 bridgehead atoms. The van der Waals surface area contributed by atoms with Gasteiger partial charge in [-0.2, -0.15) is 0 Å². The maximum Gasteiger partial charge on any atom is 0.143 e. The van der Waals surface area contributed by atoms with Crippen LogP contribution in [0.3, 0.4) is 0 Å². The van der Waals surface area contributed by atoms with E-state index in [0.717, 1.165) is 48.8 Å². The predicted molar refractivity (Wildman–Crippen MR) is 87.1 cm³/mol. The van der Waals surface area contributed by atoms with E-state index in [-0.39, 0.29) is 0 Å². The fourth-order valence-electron chi connectivity index (χ4n) is 3.11. The van der Waals surface area contributed by atoms with Crippen molar-refractivity contribution in [3.8, 4) is 11.1 Å². The van der Waals surface area contributed by atoms with E-state index in [0.29, 0.717) is 0 Å². The molecule has 3 aromatic rings. The van der Waals surface area contributed by atoms with Crippen LogP contribution in [0.2, 0.25) is 0 Å². The predicted octanol–water partition coefficient (Wildman–Crippen LogP) is 2.77. The number of hydrogen-bond acceptors (Lipinski definition) is 4. The lowest BCUT2D eigenvalue weighted by Crippen LogP contribution is -2.36. The van der Waals surface area contributed by atoms with E-state index in [9.17, 15) is 0 Å². The topological polar surface area (TPSA) is 54.0 Å². The number of aryl methyl sites for hydroxylation is 1. The first-order chi connectivity index (χ1) is 10.8. The van der Waals surface area contributed by atoms with E-state index in [1.807, 2.05) is 6.07 Å². The van der Waals surface area contributed by atoms with Crippen LogP contribution in [0, 0.1) is 6.92 Å². The van der Waals surface area contributed by atoms with Gasteiger partial charge in [-0.25, -0.2) is 9.97 Å². The summed E-state index contributed by atoms with van der Waals surface area (Å²) in [4.78, 5) is 14.7. The smallest absolute Gasteiger partial charge is 0.143 e. The van der Waals surface area contributed by atoms with Crippen LogP contribution in [0.5, 0.6) is 0 Å². The van der Waals surface area contributed by atoms with Gasteiger partial charge in [-0.05, 0) is 12.5 Å². The van der Waals surface area contributed by atoms with Crippen LogP contribution in [-0.2, 0) is 4.74 Å². The molecular formula is C17H18N4O. The molecule has 0 spiro atoms. The van der Waals surface area contributed by atoms with Gasteiger partial charge in [0.25, 0.3) is 0 Å². The first-order valence-electron chi connectivity index (χ1n) is 7.56. The number of rotatable bonds is 2. The molecule has 1 saturated heterocycles. The van der Waals surface area contributed by atoms with Crippen molar-refractivity contribution in [1.82, 2.24) is 15.0 Å². The highest BCUT2D eigenvalue weighted by Gasteiger charge is 2.21. The van der Waals surface area contributed by atoms with Gasteiger partial charge in [0.15, 0.2) is 0 Å². The van der Waals surface area contributed by atoms with E-state index in [2.05, 4.69) is 51.0 Å². The fourth-order valence-corrected chi connectivity index (χ4v) is 3.11. The van der Waals surface area contributed by atoms with Crippen LogP contribution in [0.1, 0.15) is 5.69 Å². The summed E-state index contributed by atoms with van der Waals surface area (Å²) in [5, 5.41) is 1.10. The SMILES string of the molecule is Cc1[nH]c2ncnc(N3CCOCC3)c2c1-c1ccccc1. The Bertz CT molecular complexity index is 791. The van der Waals surface area contributed by atoms with Crippen molar-refractivity contribution in [3.63, 3.8) is 0 Å². The van der Waals surface area contributed by atoms with Crippen LogP contribution in [0.25, 0.3) is 22.2 Å². The summed E-state index contributed by atoms with van der Waals surface area (Å²) in [6, 6.07) is 10.4. The summed E-state index contributed by atoms with van der Waals surface area (Å²) < 4.78 is 5.46. The Morgan fingerprint density at radius 3 is 2.64 bits per heavy atom. The first-order valence-corrected chi connectivity index (χ1v) is 7.56. The Morgan fingerprint density at radius 1 is 1.09 bits per heavy atom. The van der Waals surface area contributed by atoms with Gasteiger partial charge >= 0.3 is 0 Å². The van der Waals surface area contributed by atoms with Gasteiger partial charge in [0.2, 0.25) is 0 Å². The molecule has 0 saturated carbocycles. The average molecular weight is 294 g/mol. The standard InChI is InChI=1S/C17H18N4O/c1-12-14(13-5-3-2-4-6-13)15-16(20-12)18-11-19-17(15)21-7-9-22-10-8-21/h2-6,11H,7-10H2,1H3,(H,18,19,20). The van der Waals surface area contributed by atoms with Gasteiger partial charge in [0, 0.05) is 24.3 Å². The van der Waals surface area contributed by atoms with Crippen LogP contribution in [0.4, 0.5) is 5.82 Å². The maximum atomic E-state index is 5.46. The molecular weight excluding hydrogens is 276 g/mol. The minimum absolute atomic E-state index is 0.746. The van der Waals surface area contributed by atoms with Gasteiger partial charge in [-0.3, -0.25) is 0 Å². The molecule has 0 aliphatic carbocycles. The Labute approximate surface area is 129 Å². The van der Waals surface area contributed by atoms with E-state index < -0.39 is 0 Å². The zero-order chi connectivity index (χ0) is 14.9. The zero-order valence-electron chi connectivity index (χ0n) is 12.5. The van der Waals surface area contributed by atoms with Gasteiger partial charge in [-0.1, -0.05) is 30.3 Å². The molecule has 0 unspecified atom stereocenters. The second kappa shape index (κ2) is 5.42. The van der Waals surface area contributed by atoms with Gasteiger partial charge in [0.1, 0.15) is 17.8 Å². The third-order valence-corrected chi connectivity index (χ3v) is 4.13. The summed E-state index contributed by atoms with van der Waals surface area (Å²) in [5.74, 6) is 0.997. The highest BCUT2D eigenvalue weighted by molar-refractivity contribution is 6.02. The number of nitrogens with one attached hydrogen (secondary N) is 1. The highest BCUT2D eigenvalue weighted by Crippen LogP contribution is 2.36. The summed E-state index contributed by atoms with van der Waals surface area (Å²) in [7, 11) is 0. The number of anilines is 1. The molecule has 4 rings (SSSR count). The second-order valence-electron chi connectivity index (χ2n) is 5.51. The number of nitrogens with zero attached hydrogens (tertiary/aromatic N) is 3. The summed E-state index contributed by atoms with van der Waals surface area (Å²) in [5.41, 5.74) is 4.40. The molecule has 0 amide bonds. The minimum atomic E-state index is 0.746. The lowest BCUT2D eigenvalue weighted by atomic mass is 10.0. The van der Waals surface area contributed by atoms with Crippen molar-refractivity contribution in [3.05, 3.63) is 42.4 Å². The molecule has 5 heteroatoms. The van der Waals surface area contributed by atoms with Crippen molar-refractivity contribution in [1.29, 1.82) is 0 Å². The van der Waals surface area contributed by atoms with Crippen LogP contribution < -0.4 is 4.90 Å². The number of fused-ring (bicyclic) bond motifs is 1. The summed E-state index contributed by atoms with van der Waals surface area (Å²) >= 11 is 0. The Balaban J connectivity index is 1.94. The summed E-state index contributed by atoms with van der Waals surface area (Å²) in [6.45, 7) is 5.31. The Morgan fingerprint density at radius 2 is 1.86 bits per heavy atom. The Hall–Kier alpha value is -2.40. The second-order valence-corrected chi connectivity index (χ2v) is 5.51. The molecule has 112 valence electrons. The van der Waals surface area contributed by atoms with E-state index in [1.54, 1.807) is 6.33 Å². The largest absolute Gasteiger partial charge is 0.378 e. The third kappa shape index (κ3) is 2.14. The number of ether oxygens (including phenoxy) is 1. The lowest BCUT2D eigenvalue weighted by molar-refractivity contribution is 0.122. The van der Waals surface area contributed by atoms with Crippen molar-refractivity contribution >= 4 is 16.9 Å². The molecule has 22 heavy (non-hydrogen) atoms. The molecule has 0 atom stereocenters. The molecule has 1 N–H and O–H groups in total. The lowest BCUT2D eigenvalue weighted by Gasteiger charge is -2.28. The van der Waals surface area contributed by atoms with Crippen LogP contribution >= 0.6 is 0 Å². The maximum absolute atomic E-state index is 5.46. The zero-order valence-corrected chi connectivity index (χ0v) is 12.5. The molecule has 1 aliphatic heterocycles. The normalized spacial score (nSPS) is 15.4. The van der Waals surface area contributed by atoms with Gasteiger partial charge < -0.3 is 14.6 Å².